The third-order valence-corrected chi connectivity index (χ3v) is 3.09. The van der Waals surface area contributed by atoms with Gasteiger partial charge in [-0.1, -0.05) is 13.8 Å². The van der Waals surface area contributed by atoms with Crippen LogP contribution in [-0.2, 0) is 0 Å². The second-order valence-electron chi connectivity index (χ2n) is 5.20. The molecular weight excluding hydrogens is 245 g/mol. The van der Waals surface area contributed by atoms with Gasteiger partial charge in [-0.25, -0.2) is 4.39 Å². The molecule has 19 heavy (non-hydrogen) atoms. The third kappa shape index (κ3) is 4.63. The molecule has 0 spiro atoms. The van der Waals surface area contributed by atoms with E-state index in [-0.39, 0.29) is 23.7 Å². The summed E-state index contributed by atoms with van der Waals surface area (Å²) in [5.41, 5.74) is 5.78. The number of Topliss-reactive ketones (excluding diaryl/α,β-unsaturated/α-hetero) is 1. The molecule has 1 rings (SSSR count). The molecule has 0 amide bonds. The highest BCUT2D eigenvalue weighted by Gasteiger charge is 2.18. The largest absolute Gasteiger partial charge is 0.497 e. The summed E-state index contributed by atoms with van der Waals surface area (Å²) in [4.78, 5) is 12.1. The van der Waals surface area contributed by atoms with Crippen molar-refractivity contribution in [3.8, 4) is 5.75 Å². The molecule has 0 fully saturated rings. The number of rotatable bonds is 7. The lowest BCUT2D eigenvalue weighted by Crippen LogP contribution is -2.20. The van der Waals surface area contributed by atoms with Crippen LogP contribution in [0.25, 0.3) is 0 Å². The van der Waals surface area contributed by atoms with Crippen LogP contribution < -0.4 is 10.5 Å². The van der Waals surface area contributed by atoms with E-state index in [0.29, 0.717) is 18.2 Å². The monoisotopic (exact) mass is 267 g/mol. The summed E-state index contributed by atoms with van der Waals surface area (Å²) < 4.78 is 18.7. The fourth-order valence-electron chi connectivity index (χ4n) is 2.15. The molecule has 0 aliphatic carbocycles. The third-order valence-electron chi connectivity index (χ3n) is 3.09. The summed E-state index contributed by atoms with van der Waals surface area (Å²) in [6.07, 6.45) is 1.16. The van der Waals surface area contributed by atoms with E-state index in [4.69, 9.17) is 10.5 Å². The minimum atomic E-state index is -0.537. The van der Waals surface area contributed by atoms with Gasteiger partial charge in [0.25, 0.3) is 0 Å². The number of carbonyl (C=O) groups excluding carboxylic acids is 1. The number of carbonyl (C=O) groups is 1. The molecule has 0 heterocycles. The van der Waals surface area contributed by atoms with Crippen LogP contribution in [-0.4, -0.2) is 19.4 Å². The van der Waals surface area contributed by atoms with E-state index < -0.39 is 5.82 Å². The molecule has 4 heteroatoms. The highest BCUT2D eigenvalue weighted by atomic mass is 19.1. The molecule has 0 saturated carbocycles. The average Bonchev–Trinajstić information content (AvgIpc) is 2.36. The van der Waals surface area contributed by atoms with E-state index in [2.05, 4.69) is 13.8 Å². The summed E-state index contributed by atoms with van der Waals surface area (Å²) in [6, 6.07) is 4.29. The Kier molecular flexibility index (Phi) is 5.96. The summed E-state index contributed by atoms with van der Waals surface area (Å²) in [5.74, 6) is 0.253. The Morgan fingerprint density at radius 3 is 2.58 bits per heavy atom. The Bertz CT molecular complexity index is 432. The minimum absolute atomic E-state index is 0.106. The number of ketones is 1. The number of hydrogen-bond acceptors (Lipinski definition) is 3. The van der Waals surface area contributed by atoms with Gasteiger partial charge >= 0.3 is 0 Å². The molecule has 1 aromatic rings. The van der Waals surface area contributed by atoms with Crippen molar-refractivity contribution in [2.24, 2.45) is 17.6 Å². The lowest BCUT2D eigenvalue weighted by atomic mass is 9.90. The Hall–Kier alpha value is -1.42. The highest BCUT2D eigenvalue weighted by Crippen LogP contribution is 2.21. The van der Waals surface area contributed by atoms with Gasteiger partial charge in [0.1, 0.15) is 11.6 Å². The fourth-order valence-corrected chi connectivity index (χ4v) is 2.15. The van der Waals surface area contributed by atoms with E-state index >= 15 is 0 Å². The lowest BCUT2D eigenvalue weighted by molar-refractivity contribution is 0.0953. The normalized spacial score (nSPS) is 12.5. The molecule has 1 unspecified atom stereocenters. The molecule has 0 bridgehead atoms. The summed E-state index contributed by atoms with van der Waals surface area (Å²) >= 11 is 0. The zero-order chi connectivity index (χ0) is 14.4. The zero-order valence-electron chi connectivity index (χ0n) is 11.8. The van der Waals surface area contributed by atoms with Crippen LogP contribution in [0.5, 0.6) is 5.75 Å². The van der Waals surface area contributed by atoms with E-state index in [1.165, 1.54) is 19.2 Å². The van der Waals surface area contributed by atoms with Gasteiger partial charge in [-0.15, -0.1) is 0 Å². The Morgan fingerprint density at radius 1 is 1.42 bits per heavy atom. The lowest BCUT2D eigenvalue weighted by Gasteiger charge is -2.16. The van der Waals surface area contributed by atoms with Gasteiger partial charge in [0.15, 0.2) is 5.78 Å². The van der Waals surface area contributed by atoms with Crippen molar-refractivity contribution < 1.29 is 13.9 Å². The Labute approximate surface area is 113 Å². The Morgan fingerprint density at radius 2 is 2.11 bits per heavy atom. The standard InChI is InChI=1S/C15H22FNO2/c1-10(2)6-11(9-17)7-15(18)13-5-4-12(19-3)8-14(13)16/h4-5,8,10-11H,6-7,9,17H2,1-3H3. The zero-order valence-corrected chi connectivity index (χ0v) is 11.8. The number of methoxy groups -OCH3 is 1. The second kappa shape index (κ2) is 7.24. The van der Waals surface area contributed by atoms with Crippen LogP contribution in [0.2, 0.25) is 0 Å². The van der Waals surface area contributed by atoms with E-state index in [1.807, 2.05) is 0 Å². The van der Waals surface area contributed by atoms with Gasteiger partial charge in [0, 0.05) is 12.5 Å². The van der Waals surface area contributed by atoms with Gasteiger partial charge < -0.3 is 10.5 Å². The first-order chi connectivity index (χ1) is 8.97. The van der Waals surface area contributed by atoms with E-state index in [1.54, 1.807) is 6.07 Å². The summed E-state index contributed by atoms with van der Waals surface area (Å²) in [5, 5.41) is 0. The molecule has 106 valence electrons. The smallest absolute Gasteiger partial charge is 0.166 e. The van der Waals surface area contributed by atoms with Gasteiger partial charge in [0.05, 0.1) is 12.7 Å². The van der Waals surface area contributed by atoms with Gasteiger partial charge in [-0.05, 0) is 36.9 Å². The van der Waals surface area contributed by atoms with Crippen molar-refractivity contribution in [3.05, 3.63) is 29.6 Å². The molecule has 0 aliphatic rings. The first-order valence-corrected chi connectivity index (χ1v) is 6.54. The van der Waals surface area contributed by atoms with Crippen molar-refractivity contribution in [2.75, 3.05) is 13.7 Å². The van der Waals surface area contributed by atoms with Crippen LogP contribution in [0.15, 0.2) is 18.2 Å². The quantitative estimate of drug-likeness (QED) is 0.773. The van der Waals surface area contributed by atoms with Crippen molar-refractivity contribution in [1.29, 1.82) is 0 Å². The average molecular weight is 267 g/mol. The molecular formula is C15H22FNO2. The van der Waals surface area contributed by atoms with Crippen LogP contribution in [0.3, 0.4) is 0 Å². The summed E-state index contributed by atoms with van der Waals surface area (Å²) in [6.45, 7) is 4.61. The van der Waals surface area contributed by atoms with Gasteiger partial charge in [-0.2, -0.15) is 0 Å². The molecule has 1 atom stereocenters. The van der Waals surface area contributed by atoms with Crippen molar-refractivity contribution in [2.45, 2.75) is 26.7 Å². The Balaban J connectivity index is 2.77. The summed E-state index contributed by atoms with van der Waals surface area (Å²) in [7, 11) is 1.46. The highest BCUT2D eigenvalue weighted by molar-refractivity contribution is 5.96. The number of hydrogen-bond donors (Lipinski definition) is 1. The molecule has 2 N–H and O–H groups in total. The minimum Gasteiger partial charge on any atom is -0.497 e. The first kappa shape index (κ1) is 15.6. The molecule has 1 aromatic carbocycles. The molecule has 0 aromatic heterocycles. The van der Waals surface area contributed by atoms with Crippen molar-refractivity contribution in [3.63, 3.8) is 0 Å². The van der Waals surface area contributed by atoms with Crippen molar-refractivity contribution >= 4 is 5.78 Å². The fraction of sp³-hybridized carbons (Fsp3) is 0.533. The predicted molar refractivity (Wildman–Crippen MR) is 73.9 cm³/mol. The topological polar surface area (TPSA) is 52.3 Å². The van der Waals surface area contributed by atoms with E-state index in [9.17, 15) is 9.18 Å². The molecule has 0 saturated heterocycles. The van der Waals surface area contributed by atoms with Crippen LogP contribution in [0.1, 0.15) is 37.0 Å². The van der Waals surface area contributed by atoms with E-state index in [0.717, 1.165) is 6.42 Å². The number of ether oxygens (including phenoxy) is 1. The maximum Gasteiger partial charge on any atom is 0.166 e. The maximum absolute atomic E-state index is 13.8. The first-order valence-electron chi connectivity index (χ1n) is 6.54. The van der Waals surface area contributed by atoms with Crippen LogP contribution in [0.4, 0.5) is 4.39 Å². The second-order valence-corrected chi connectivity index (χ2v) is 5.20. The van der Waals surface area contributed by atoms with Crippen molar-refractivity contribution in [1.82, 2.24) is 0 Å². The van der Waals surface area contributed by atoms with Crippen LogP contribution >= 0.6 is 0 Å². The van der Waals surface area contributed by atoms with Crippen LogP contribution in [0, 0.1) is 17.7 Å². The molecule has 0 radical (unpaired) electrons. The molecule has 3 nitrogen and oxygen atoms in total. The maximum atomic E-state index is 13.8. The number of benzene rings is 1. The predicted octanol–water partition coefficient (Wildman–Crippen LogP) is 3.03. The van der Waals surface area contributed by atoms with Gasteiger partial charge in [-0.3, -0.25) is 4.79 Å². The SMILES string of the molecule is COc1ccc(C(=O)CC(CN)CC(C)C)c(F)c1. The molecule has 0 aliphatic heterocycles. The number of halogens is 1. The van der Waals surface area contributed by atoms with Gasteiger partial charge in [0.2, 0.25) is 0 Å². The number of nitrogens with two attached hydrogens (primary N) is 1.